The molecular weight excluding hydrogens is 196 g/mol. The molecule has 0 radical (unpaired) electrons. The Balaban J connectivity index is 2.75. The molecule has 0 saturated carbocycles. The van der Waals surface area contributed by atoms with Gasteiger partial charge in [0, 0.05) is 11.8 Å². The number of hydrogen-bond donors (Lipinski definition) is 0. The summed E-state index contributed by atoms with van der Waals surface area (Å²) in [6, 6.07) is 0. The minimum atomic E-state index is 0.205. The summed E-state index contributed by atoms with van der Waals surface area (Å²) < 4.78 is 0. The molecule has 1 nitrogen and oxygen atoms in total. The highest BCUT2D eigenvalue weighted by Gasteiger charge is 2.30. The molecule has 0 amide bonds. The number of hydrogen-bond acceptors (Lipinski definition) is 1. The van der Waals surface area contributed by atoms with Crippen molar-refractivity contribution in [3.05, 3.63) is 11.6 Å². The van der Waals surface area contributed by atoms with Crippen LogP contribution in [0.25, 0.3) is 0 Å². The Labute approximate surface area is 100 Å². The van der Waals surface area contributed by atoms with E-state index in [4.69, 9.17) is 0 Å². The number of ketones is 1. The molecule has 0 aromatic rings. The highest BCUT2D eigenvalue weighted by Crippen LogP contribution is 2.35. The first-order chi connectivity index (χ1) is 7.47. The van der Waals surface area contributed by atoms with E-state index in [1.165, 1.54) is 5.57 Å². The van der Waals surface area contributed by atoms with Gasteiger partial charge in [0.2, 0.25) is 0 Å². The quantitative estimate of drug-likeness (QED) is 0.651. The maximum Gasteiger partial charge on any atom is 0.142 e. The van der Waals surface area contributed by atoms with E-state index in [9.17, 15) is 4.79 Å². The van der Waals surface area contributed by atoms with Crippen LogP contribution in [-0.2, 0) is 4.79 Å². The molecule has 1 aliphatic carbocycles. The Bertz CT molecular complexity index is 275. The van der Waals surface area contributed by atoms with Crippen molar-refractivity contribution in [2.75, 3.05) is 0 Å². The van der Waals surface area contributed by atoms with Gasteiger partial charge in [-0.3, -0.25) is 4.79 Å². The van der Waals surface area contributed by atoms with Gasteiger partial charge >= 0.3 is 0 Å². The zero-order chi connectivity index (χ0) is 12.3. The molecule has 0 N–H and O–H groups in total. The third-order valence-electron chi connectivity index (χ3n) is 4.22. The largest absolute Gasteiger partial charge is 0.299 e. The van der Waals surface area contributed by atoms with Crippen LogP contribution in [0, 0.1) is 23.7 Å². The predicted molar refractivity (Wildman–Crippen MR) is 69.3 cm³/mol. The monoisotopic (exact) mass is 222 g/mol. The fourth-order valence-corrected chi connectivity index (χ4v) is 2.49. The second kappa shape index (κ2) is 5.65. The van der Waals surface area contributed by atoms with Crippen LogP contribution in [0.5, 0.6) is 0 Å². The fourth-order valence-electron chi connectivity index (χ4n) is 2.49. The molecule has 0 spiro atoms. The minimum absolute atomic E-state index is 0.205. The van der Waals surface area contributed by atoms with Crippen LogP contribution in [0.1, 0.15) is 53.9 Å². The third-order valence-corrected chi connectivity index (χ3v) is 4.22. The van der Waals surface area contributed by atoms with Crippen LogP contribution in [0.15, 0.2) is 11.6 Å². The summed E-state index contributed by atoms with van der Waals surface area (Å²) in [5.41, 5.74) is 1.31. The molecule has 0 heterocycles. The Hall–Kier alpha value is -0.590. The van der Waals surface area contributed by atoms with Crippen molar-refractivity contribution in [1.82, 2.24) is 0 Å². The summed E-state index contributed by atoms with van der Waals surface area (Å²) in [5.74, 6) is 2.27. The Morgan fingerprint density at radius 2 is 2.06 bits per heavy atom. The highest BCUT2D eigenvalue weighted by molar-refractivity contribution is 5.85. The van der Waals surface area contributed by atoms with Crippen LogP contribution in [0.4, 0.5) is 0 Å². The molecule has 1 aliphatic rings. The van der Waals surface area contributed by atoms with E-state index in [0.717, 1.165) is 19.3 Å². The number of allylic oxidation sites excluding steroid dienone is 2. The van der Waals surface area contributed by atoms with Gasteiger partial charge < -0.3 is 0 Å². The zero-order valence-corrected chi connectivity index (χ0v) is 11.4. The first-order valence-electron chi connectivity index (χ1n) is 6.67. The summed E-state index contributed by atoms with van der Waals surface area (Å²) in [6.45, 7) is 10.8. The molecule has 0 bridgehead atoms. The number of carbonyl (C=O) groups excluding carboxylic acids is 1. The van der Waals surface area contributed by atoms with Gasteiger partial charge in [0.15, 0.2) is 0 Å². The van der Waals surface area contributed by atoms with Gasteiger partial charge in [-0.15, -0.1) is 0 Å². The average molecular weight is 222 g/mol. The summed E-state index contributed by atoms with van der Waals surface area (Å²) in [4.78, 5) is 12.3. The first-order valence-corrected chi connectivity index (χ1v) is 6.67. The van der Waals surface area contributed by atoms with Crippen LogP contribution in [-0.4, -0.2) is 5.78 Å². The van der Waals surface area contributed by atoms with Crippen molar-refractivity contribution in [1.29, 1.82) is 0 Å². The van der Waals surface area contributed by atoms with Crippen LogP contribution in [0.3, 0.4) is 0 Å². The number of rotatable bonds is 4. The molecule has 0 fully saturated rings. The van der Waals surface area contributed by atoms with Gasteiger partial charge in [0.05, 0.1) is 0 Å². The third kappa shape index (κ3) is 2.96. The first kappa shape index (κ1) is 13.5. The molecule has 0 saturated heterocycles. The Morgan fingerprint density at radius 1 is 1.44 bits per heavy atom. The summed E-state index contributed by atoms with van der Waals surface area (Å²) >= 11 is 0. The molecule has 1 heteroatoms. The van der Waals surface area contributed by atoms with E-state index in [1.807, 2.05) is 0 Å². The van der Waals surface area contributed by atoms with Crippen LogP contribution < -0.4 is 0 Å². The lowest BCUT2D eigenvalue weighted by molar-refractivity contribution is -0.126. The van der Waals surface area contributed by atoms with Crippen molar-refractivity contribution in [2.45, 2.75) is 53.9 Å². The lowest BCUT2D eigenvalue weighted by Gasteiger charge is -2.31. The Kier molecular flexibility index (Phi) is 4.76. The van der Waals surface area contributed by atoms with Crippen molar-refractivity contribution in [3.8, 4) is 0 Å². The topological polar surface area (TPSA) is 17.1 Å². The molecule has 3 unspecified atom stereocenters. The van der Waals surface area contributed by atoms with Crippen molar-refractivity contribution < 1.29 is 4.79 Å². The molecule has 0 aromatic heterocycles. The molecule has 0 aliphatic heterocycles. The predicted octanol–water partition coefficient (Wildman–Crippen LogP) is 4.23. The molecule has 1 rings (SSSR count). The van der Waals surface area contributed by atoms with Crippen molar-refractivity contribution in [2.24, 2.45) is 23.7 Å². The van der Waals surface area contributed by atoms with Crippen molar-refractivity contribution >= 4 is 5.78 Å². The van der Waals surface area contributed by atoms with Gasteiger partial charge in [-0.25, -0.2) is 0 Å². The zero-order valence-electron chi connectivity index (χ0n) is 11.4. The van der Waals surface area contributed by atoms with E-state index in [1.54, 1.807) is 0 Å². The average Bonchev–Trinajstić information content (AvgIpc) is 2.27. The summed E-state index contributed by atoms with van der Waals surface area (Å²) in [5, 5.41) is 0. The van der Waals surface area contributed by atoms with Gasteiger partial charge in [0.25, 0.3) is 0 Å². The second-order valence-corrected chi connectivity index (χ2v) is 5.69. The maximum absolute atomic E-state index is 12.3. The molecular formula is C15H26O. The smallest absolute Gasteiger partial charge is 0.142 e. The number of Topliss-reactive ketones (excluding diaryl/α,β-unsaturated/α-hetero) is 1. The van der Waals surface area contributed by atoms with Crippen LogP contribution >= 0.6 is 0 Å². The van der Waals surface area contributed by atoms with Crippen molar-refractivity contribution in [3.63, 3.8) is 0 Å². The second-order valence-electron chi connectivity index (χ2n) is 5.69. The molecule has 0 aromatic carbocycles. The number of carbonyl (C=O) groups is 1. The standard InChI is InChI=1S/C15H26O/c1-6-11(4)15(16)14-9-13(10(2)3)8-7-12(14)5/h7,10-11,13-14H,6,8-9H2,1-5H3. The summed E-state index contributed by atoms with van der Waals surface area (Å²) in [7, 11) is 0. The SMILES string of the molecule is CCC(C)C(=O)C1CC(C(C)C)CC=C1C. The van der Waals surface area contributed by atoms with E-state index >= 15 is 0 Å². The van der Waals surface area contributed by atoms with E-state index in [-0.39, 0.29) is 11.8 Å². The van der Waals surface area contributed by atoms with E-state index < -0.39 is 0 Å². The maximum atomic E-state index is 12.3. The van der Waals surface area contributed by atoms with Gasteiger partial charge in [-0.05, 0) is 38.0 Å². The fraction of sp³-hybridized carbons (Fsp3) is 0.800. The van der Waals surface area contributed by atoms with Gasteiger partial charge in [-0.1, -0.05) is 39.3 Å². The molecule has 3 atom stereocenters. The van der Waals surface area contributed by atoms with E-state index in [0.29, 0.717) is 17.6 Å². The Morgan fingerprint density at radius 3 is 2.56 bits per heavy atom. The van der Waals surface area contributed by atoms with Gasteiger partial charge in [0.1, 0.15) is 5.78 Å². The summed E-state index contributed by atoms with van der Waals surface area (Å²) in [6.07, 6.45) is 5.49. The normalized spacial score (nSPS) is 27.8. The molecule has 92 valence electrons. The molecule has 16 heavy (non-hydrogen) atoms. The highest BCUT2D eigenvalue weighted by atomic mass is 16.1. The van der Waals surface area contributed by atoms with E-state index in [2.05, 4.69) is 40.7 Å². The lowest BCUT2D eigenvalue weighted by atomic mass is 9.73. The van der Waals surface area contributed by atoms with Gasteiger partial charge in [-0.2, -0.15) is 0 Å². The lowest BCUT2D eigenvalue weighted by Crippen LogP contribution is -2.28. The minimum Gasteiger partial charge on any atom is -0.299 e. The van der Waals surface area contributed by atoms with Crippen LogP contribution in [0.2, 0.25) is 0 Å².